The quantitative estimate of drug-likeness (QED) is 0.903. The molecule has 2 heterocycles. The summed E-state index contributed by atoms with van der Waals surface area (Å²) in [7, 11) is 1.63. The summed E-state index contributed by atoms with van der Waals surface area (Å²) in [5.74, 6) is 0.696. The van der Waals surface area contributed by atoms with Gasteiger partial charge in [0.15, 0.2) is 5.75 Å². The van der Waals surface area contributed by atoms with Crippen molar-refractivity contribution in [3.05, 3.63) is 11.9 Å². The van der Waals surface area contributed by atoms with Crippen LogP contribution in [0, 0.1) is 0 Å². The van der Waals surface area contributed by atoms with Gasteiger partial charge in [-0.05, 0) is 33.2 Å². The van der Waals surface area contributed by atoms with E-state index in [0.29, 0.717) is 5.75 Å². The molecule has 1 aliphatic rings. The second-order valence-corrected chi connectivity index (χ2v) is 5.57. The van der Waals surface area contributed by atoms with Crippen molar-refractivity contribution in [2.24, 2.45) is 0 Å². The third-order valence-corrected chi connectivity index (χ3v) is 4.04. The molecule has 108 valence electrons. The summed E-state index contributed by atoms with van der Waals surface area (Å²) in [5, 5.41) is 15.4. The van der Waals surface area contributed by atoms with Crippen molar-refractivity contribution in [2.45, 2.75) is 45.3 Å². The first-order chi connectivity index (χ1) is 9.01. The highest BCUT2D eigenvalue weighted by atomic mass is 16.5. The zero-order valence-electron chi connectivity index (χ0n) is 12.4. The van der Waals surface area contributed by atoms with Gasteiger partial charge in [-0.3, -0.25) is 4.68 Å². The van der Waals surface area contributed by atoms with Gasteiger partial charge in [-0.2, -0.15) is 5.10 Å². The van der Waals surface area contributed by atoms with Crippen molar-refractivity contribution in [3.63, 3.8) is 0 Å². The number of hydrogen-bond acceptors (Lipinski definition) is 4. The predicted octanol–water partition coefficient (Wildman–Crippen LogP) is 1.78. The zero-order valence-corrected chi connectivity index (χ0v) is 12.4. The number of aliphatic hydroxyl groups is 1. The van der Waals surface area contributed by atoms with Crippen LogP contribution < -0.4 is 4.74 Å². The molecule has 2 rings (SSSR count). The number of nitrogens with zero attached hydrogens (tertiary/aromatic N) is 3. The summed E-state index contributed by atoms with van der Waals surface area (Å²) in [5.41, 5.74) is 0.0124. The lowest BCUT2D eigenvalue weighted by Crippen LogP contribution is -2.43. The molecule has 0 unspecified atom stereocenters. The summed E-state index contributed by atoms with van der Waals surface area (Å²) in [6, 6.07) is 0.215. The van der Waals surface area contributed by atoms with Crippen LogP contribution in [-0.4, -0.2) is 46.5 Å². The van der Waals surface area contributed by atoms with E-state index in [9.17, 15) is 5.11 Å². The van der Waals surface area contributed by atoms with E-state index < -0.39 is 5.60 Å². The van der Waals surface area contributed by atoms with Gasteiger partial charge in [0.05, 0.1) is 13.3 Å². The molecule has 1 aromatic heterocycles. The Kier molecular flexibility index (Phi) is 4.16. The van der Waals surface area contributed by atoms with Crippen LogP contribution in [0.1, 0.15) is 45.3 Å². The lowest BCUT2D eigenvalue weighted by molar-refractivity contribution is -0.0338. The normalized spacial score (nSPS) is 19.9. The van der Waals surface area contributed by atoms with Gasteiger partial charge < -0.3 is 14.7 Å². The lowest BCUT2D eigenvalue weighted by Gasteiger charge is -2.38. The topological polar surface area (TPSA) is 50.5 Å². The molecule has 5 heteroatoms. The maximum Gasteiger partial charge on any atom is 0.162 e. The number of rotatable bonds is 4. The van der Waals surface area contributed by atoms with E-state index in [1.54, 1.807) is 13.3 Å². The van der Waals surface area contributed by atoms with Gasteiger partial charge in [0.2, 0.25) is 0 Å². The minimum absolute atomic E-state index is 0.215. The summed E-state index contributed by atoms with van der Waals surface area (Å²) < 4.78 is 7.28. The monoisotopic (exact) mass is 267 g/mol. The Balaban J connectivity index is 2.32. The van der Waals surface area contributed by atoms with Gasteiger partial charge in [0, 0.05) is 19.1 Å². The third kappa shape index (κ3) is 2.62. The van der Waals surface area contributed by atoms with E-state index in [2.05, 4.69) is 30.8 Å². The fourth-order valence-electron chi connectivity index (χ4n) is 2.81. The molecular formula is C14H25N3O2. The molecule has 0 aromatic carbocycles. The Bertz CT molecular complexity index is 420. The van der Waals surface area contributed by atoms with Crippen LogP contribution in [0.15, 0.2) is 6.20 Å². The molecule has 0 spiro atoms. The minimum atomic E-state index is -0.822. The SMILES string of the molecule is CCN1CCC(O)(c2c(OC)cnn2C(C)C)CC1. The molecule has 19 heavy (non-hydrogen) atoms. The molecule has 0 amide bonds. The second-order valence-electron chi connectivity index (χ2n) is 5.57. The molecule has 1 N–H and O–H groups in total. The van der Waals surface area contributed by atoms with E-state index in [4.69, 9.17) is 4.74 Å². The first kappa shape index (κ1) is 14.3. The number of aromatic nitrogens is 2. The Morgan fingerprint density at radius 1 is 1.42 bits per heavy atom. The van der Waals surface area contributed by atoms with E-state index in [0.717, 1.165) is 38.2 Å². The van der Waals surface area contributed by atoms with E-state index in [1.807, 2.05) is 4.68 Å². The largest absolute Gasteiger partial charge is 0.493 e. The van der Waals surface area contributed by atoms with Crippen LogP contribution in [0.2, 0.25) is 0 Å². The molecule has 0 aliphatic carbocycles. The molecular weight excluding hydrogens is 242 g/mol. The van der Waals surface area contributed by atoms with Crippen LogP contribution in [-0.2, 0) is 5.60 Å². The number of piperidine rings is 1. The molecule has 0 bridgehead atoms. The summed E-state index contributed by atoms with van der Waals surface area (Å²) in [4.78, 5) is 2.36. The summed E-state index contributed by atoms with van der Waals surface area (Å²) in [6.45, 7) is 9.17. The van der Waals surface area contributed by atoms with Crippen molar-refractivity contribution in [2.75, 3.05) is 26.7 Å². The third-order valence-electron chi connectivity index (χ3n) is 4.04. The summed E-state index contributed by atoms with van der Waals surface area (Å²) in [6.07, 6.45) is 3.17. The van der Waals surface area contributed by atoms with Crippen LogP contribution in [0.25, 0.3) is 0 Å². The van der Waals surface area contributed by atoms with E-state index in [-0.39, 0.29) is 6.04 Å². The number of methoxy groups -OCH3 is 1. The van der Waals surface area contributed by atoms with Crippen LogP contribution in [0.5, 0.6) is 5.75 Å². The van der Waals surface area contributed by atoms with Gasteiger partial charge in [-0.25, -0.2) is 0 Å². The fraction of sp³-hybridized carbons (Fsp3) is 0.786. The Labute approximate surface area is 115 Å². The molecule has 1 aromatic rings. The molecule has 1 saturated heterocycles. The van der Waals surface area contributed by atoms with Crippen LogP contribution in [0.3, 0.4) is 0 Å². The number of ether oxygens (including phenoxy) is 1. The molecule has 1 aliphatic heterocycles. The van der Waals surface area contributed by atoms with Gasteiger partial charge >= 0.3 is 0 Å². The highest BCUT2D eigenvalue weighted by Crippen LogP contribution is 2.39. The van der Waals surface area contributed by atoms with Crippen molar-refractivity contribution in [3.8, 4) is 5.75 Å². The highest BCUT2D eigenvalue weighted by Gasteiger charge is 2.39. The van der Waals surface area contributed by atoms with E-state index in [1.165, 1.54) is 0 Å². The van der Waals surface area contributed by atoms with Crippen LogP contribution in [0.4, 0.5) is 0 Å². The maximum atomic E-state index is 11.0. The van der Waals surface area contributed by atoms with Crippen molar-refractivity contribution in [1.29, 1.82) is 0 Å². The fourth-order valence-corrected chi connectivity index (χ4v) is 2.81. The van der Waals surface area contributed by atoms with Crippen molar-refractivity contribution >= 4 is 0 Å². The molecule has 0 radical (unpaired) electrons. The van der Waals surface area contributed by atoms with Gasteiger partial charge in [0.1, 0.15) is 11.3 Å². The zero-order chi connectivity index (χ0) is 14.0. The minimum Gasteiger partial charge on any atom is -0.493 e. The molecule has 0 atom stereocenters. The standard InChI is InChI=1S/C14H25N3O2/c1-5-16-8-6-14(18,7-9-16)13-12(19-4)10-15-17(13)11(2)3/h10-11,18H,5-9H2,1-4H3. The molecule has 5 nitrogen and oxygen atoms in total. The lowest BCUT2D eigenvalue weighted by atomic mass is 9.87. The Morgan fingerprint density at radius 3 is 2.53 bits per heavy atom. The average Bonchev–Trinajstić information content (AvgIpc) is 2.84. The predicted molar refractivity (Wildman–Crippen MR) is 74.4 cm³/mol. The van der Waals surface area contributed by atoms with Gasteiger partial charge in [-0.1, -0.05) is 6.92 Å². The number of likely N-dealkylation sites (tertiary alicyclic amines) is 1. The smallest absolute Gasteiger partial charge is 0.162 e. The van der Waals surface area contributed by atoms with Gasteiger partial charge in [0.25, 0.3) is 0 Å². The molecule has 0 saturated carbocycles. The van der Waals surface area contributed by atoms with E-state index >= 15 is 0 Å². The number of hydrogen-bond donors (Lipinski definition) is 1. The Hall–Kier alpha value is -1.07. The summed E-state index contributed by atoms with van der Waals surface area (Å²) >= 11 is 0. The van der Waals surface area contributed by atoms with Gasteiger partial charge in [-0.15, -0.1) is 0 Å². The second kappa shape index (κ2) is 5.51. The highest BCUT2D eigenvalue weighted by molar-refractivity contribution is 5.31. The Morgan fingerprint density at radius 2 is 2.05 bits per heavy atom. The van der Waals surface area contributed by atoms with Crippen LogP contribution >= 0.6 is 0 Å². The average molecular weight is 267 g/mol. The first-order valence-electron chi connectivity index (χ1n) is 7.08. The van der Waals surface area contributed by atoms with Crippen molar-refractivity contribution in [1.82, 2.24) is 14.7 Å². The molecule has 1 fully saturated rings. The first-order valence-corrected chi connectivity index (χ1v) is 7.08. The maximum absolute atomic E-state index is 11.0. The van der Waals surface area contributed by atoms with Crippen molar-refractivity contribution < 1.29 is 9.84 Å².